The van der Waals surface area contributed by atoms with Crippen LogP contribution < -0.4 is 46.5 Å². The second-order valence-corrected chi connectivity index (χ2v) is 29.8. The minimum absolute atomic E-state index is 0. The van der Waals surface area contributed by atoms with Crippen LogP contribution in [0.3, 0.4) is 0 Å². The molecule has 3 aromatic heterocycles. The number of aliphatic carboxylic acids is 2. The van der Waals surface area contributed by atoms with E-state index < -0.39 is 153 Å². The Morgan fingerprint density at radius 2 is 0.699 bits per heavy atom. The lowest BCUT2D eigenvalue weighted by Crippen LogP contribution is -2.47. The first kappa shape index (κ1) is 92.6. The third kappa shape index (κ3) is 40.1. The molecular formula is C47H81N15O22S9. The minimum atomic E-state index is -4.30. The summed E-state index contributed by atoms with van der Waals surface area (Å²) in [5.41, 5.74) is -1.36. The molecule has 0 bridgehead atoms. The molecule has 0 saturated carbocycles. The van der Waals surface area contributed by atoms with Gasteiger partial charge in [0, 0.05) is 52.9 Å². The van der Waals surface area contributed by atoms with Gasteiger partial charge in [0.2, 0.25) is 67.0 Å². The fraction of sp³-hybridized carbons (Fsp3) is 0.617. The Bertz CT molecular complexity index is 3400. The molecule has 8 amide bonds. The smallest absolute Gasteiger partial charge is 0.329 e. The maximum absolute atomic E-state index is 12.3. The largest absolute Gasteiger partial charge is 0.481 e. The number of hydrogen-bond donors (Lipinski definition) is 11. The summed E-state index contributed by atoms with van der Waals surface area (Å²) in [4.78, 5) is 137. The summed E-state index contributed by atoms with van der Waals surface area (Å²) >= 11 is 1.82. The highest BCUT2D eigenvalue weighted by Crippen LogP contribution is 2.22. The summed E-state index contributed by atoms with van der Waals surface area (Å²) < 4.78 is 82.5. The average Bonchev–Trinajstić information content (AvgIpc) is 2.44. The quantitative estimate of drug-likeness (QED) is 0.0389. The van der Waals surface area contributed by atoms with Crippen molar-refractivity contribution in [1.82, 2.24) is 56.0 Å². The number of hydrogen-bond acceptors (Lipinski definition) is 29. The Balaban J connectivity index is -0.000000585. The number of nitrogens with zero attached hydrogens (tertiary/aromatic N) is 6. The molecule has 37 nitrogen and oxygen atoms in total. The first-order valence-electron chi connectivity index (χ1n) is 26.2. The van der Waals surface area contributed by atoms with Crippen LogP contribution in [0, 0.1) is 17.8 Å². The van der Waals surface area contributed by atoms with Crippen LogP contribution in [0.2, 0.25) is 0 Å². The summed E-state index contributed by atoms with van der Waals surface area (Å²) in [6.45, 7) is 24.3. The Labute approximate surface area is 569 Å². The second kappa shape index (κ2) is 41.8. The lowest BCUT2D eigenvalue weighted by molar-refractivity contribution is -0.160. The van der Waals surface area contributed by atoms with E-state index in [0.29, 0.717) is 34.0 Å². The summed E-state index contributed by atoms with van der Waals surface area (Å²) in [5, 5.41) is 56.8. The van der Waals surface area contributed by atoms with Crippen molar-refractivity contribution in [3.8, 4) is 0 Å². The number of carbonyl (C=O) groups is 12. The molecule has 3 rings (SSSR count). The molecule has 0 aromatic carbocycles. The fourth-order valence-electron chi connectivity index (χ4n) is 5.70. The molecule has 0 fully saturated rings. The SMILES string of the molecule is CC(=O)Nc1nnc(S(=O)(=O)NC(=O)CCC(=O)N[C@H](C(=O)O)C(C)C)s1.CC(=O)Nc1nnc(S(=O)(=O)NC(=O)CCC(=O)N[C@H](C(=O)OC(C)(C)C)C(C)C)s1.CC(=O)Nc1nnc(S(N)(=O)=O)s1.CC(C)[C@H](NC(=O)CCC(=O)O)C(=O)OC(C)(C)C.S.S.S. The van der Waals surface area contributed by atoms with Gasteiger partial charge in [0.25, 0.3) is 38.7 Å². The number of rotatable bonds is 26. The Morgan fingerprint density at radius 3 is 0.935 bits per heavy atom. The molecular weight excluding hydrogens is 1420 g/mol. The third-order valence-electron chi connectivity index (χ3n) is 9.53. The van der Waals surface area contributed by atoms with Gasteiger partial charge >= 0.3 is 23.9 Å². The van der Waals surface area contributed by atoms with Gasteiger partial charge in [-0.05, 0) is 59.3 Å². The van der Waals surface area contributed by atoms with Crippen LogP contribution in [-0.4, -0.2) is 167 Å². The monoisotopic (exact) mass is 1500 g/mol. The summed E-state index contributed by atoms with van der Waals surface area (Å²) in [6.07, 6.45) is -2.08. The Hall–Kier alpha value is -6.82. The zero-order valence-electron chi connectivity index (χ0n) is 53.0. The van der Waals surface area contributed by atoms with Crippen molar-refractivity contribution < 1.29 is 102 Å². The van der Waals surface area contributed by atoms with Gasteiger partial charge < -0.3 is 51.6 Å². The Morgan fingerprint density at radius 1 is 0.441 bits per heavy atom. The molecule has 12 N–H and O–H groups in total. The number of nitrogens with two attached hydrogens (primary N) is 1. The van der Waals surface area contributed by atoms with Gasteiger partial charge in [-0.2, -0.15) is 57.3 Å². The first-order valence-corrected chi connectivity index (χ1v) is 33.2. The standard InChI is InChI=1S/C17H27N5O7S2.C13H19N5O7S2.C13H23NO5.C4H6N4O3S2.3H2S/c1-9(2)13(14(26)29-17(4,5)6)19-11(24)7-8-12(25)22-31(27,28)16-21-20-15(30-16)18-10(3)23;1-6(2)10(11(22)23)15-8(20)4-5-9(21)18-27(24,25)13-17-16-12(26-13)14-7(3)19;1-8(2)11(12(18)19-13(3,4)5)14-9(15)6-7-10(16)17;1-2(9)6-3-7-8-4(12-3)13(5,10)11;;;/h9,13H,7-8H2,1-6H3,(H,19,24)(H,22,25)(H,18,20,23);6,10H,4-5H2,1-3H3,(H,15,20)(H,18,21)(H,22,23)(H,14,16,19);8,11H,6-7H2,1-5H3,(H,14,15)(H,16,17);1H3,(H2,5,10,11)(H,6,7,9);3*1H2/t13-;10-;11-;;;;/m000..../s1. The van der Waals surface area contributed by atoms with Crippen LogP contribution in [0.15, 0.2) is 13.0 Å². The number of esters is 2. The van der Waals surface area contributed by atoms with E-state index in [1.54, 1.807) is 92.5 Å². The number of ether oxygens (including phenoxy) is 2. The van der Waals surface area contributed by atoms with Gasteiger partial charge in [0.1, 0.15) is 29.3 Å². The molecule has 0 unspecified atom stereocenters. The number of carboxylic acid groups (broad SMARTS) is 2. The van der Waals surface area contributed by atoms with Crippen molar-refractivity contribution in [3.05, 3.63) is 0 Å². The van der Waals surface area contributed by atoms with E-state index >= 15 is 0 Å². The van der Waals surface area contributed by atoms with E-state index in [2.05, 4.69) is 62.5 Å². The van der Waals surface area contributed by atoms with Crippen LogP contribution in [0.5, 0.6) is 0 Å². The predicted octanol–water partition coefficient (Wildman–Crippen LogP) is 0.687. The molecule has 0 saturated heterocycles. The topological polar surface area (TPSA) is 566 Å². The average molecular weight is 1500 g/mol. The van der Waals surface area contributed by atoms with Crippen molar-refractivity contribution in [1.29, 1.82) is 0 Å². The zero-order chi connectivity index (χ0) is 70.0. The fourth-order valence-corrected chi connectivity index (χ4v) is 11.0. The maximum Gasteiger partial charge on any atom is 0.329 e. The molecule has 0 spiro atoms. The van der Waals surface area contributed by atoms with E-state index in [1.807, 2.05) is 0 Å². The van der Waals surface area contributed by atoms with Crippen molar-refractivity contribution in [2.24, 2.45) is 22.9 Å². The van der Waals surface area contributed by atoms with Gasteiger partial charge in [0.05, 0.1) is 6.42 Å². The van der Waals surface area contributed by atoms with E-state index in [4.69, 9.17) is 24.8 Å². The number of carbonyl (C=O) groups excluding carboxylic acids is 10. The van der Waals surface area contributed by atoms with Crippen LogP contribution in [0.1, 0.15) is 142 Å². The van der Waals surface area contributed by atoms with Gasteiger partial charge in [-0.15, -0.1) is 30.6 Å². The third-order valence-corrected chi connectivity index (χ3v) is 16.8. The van der Waals surface area contributed by atoms with E-state index in [0.717, 1.165) is 0 Å². The van der Waals surface area contributed by atoms with Crippen molar-refractivity contribution in [2.45, 2.75) is 185 Å². The lowest BCUT2D eigenvalue weighted by atomic mass is 10.0. The van der Waals surface area contributed by atoms with Crippen LogP contribution in [0.4, 0.5) is 15.4 Å². The molecule has 46 heteroatoms. The summed E-state index contributed by atoms with van der Waals surface area (Å²) in [5.74, 6) is -9.10. The highest BCUT2D eigenvalue weighted by Gasteiger charge is 2.32. The molecule has 0 radical (unpaired) electrons. The maximum atomic E-state index is 12.3. The molecule has 530 valence electrons. The molecule has 3 heterocycles. The molecule has 3 atom stereocenters. The van der Waals surface area contributed by atoms with Crippen LogP contribution >= 0.6 is 74.5 Å². The highest BCUT2D eigenvalue weighted by atomic mass is 32.3. The number of nitrogens with one attached hydrogen (secondary N) is 8. The van der Waals surface area contributed by atoms with Gasteiger partial charge in [0.15, 0.2) is 0 Å². The lowest BCUT2D eigenvalue weighted by Gasteiger charge is -2.26. The molecule has 93 heavy (non-hydrogen) atoms. The normalized spacial score (nSPS) is 12.0. The number of amides is 8. The van der Waals surface area contributed by atoms with E-state index in [9.17, 15) is 82.8 Å². The number of sulfonamides is 3. The second-order valence-electron chi connectivity index (χ2n) is 21.4. The van der Waals surface area contributed by atoms with Crippen LogP contribution in [0.25, 0.3) is 0 Å². The van der Waals surface area contributed by atoms with Gasteiger partial charge in [-0.1, -0.05) is 75.6 Å². The summed E-state index contributed by atoms with van der Waals surface area (Å²) in [6, 6.07) is -2.79. The van der Waals surface area contributed by atoms with Crippen molar-refractivity contribution >= 4 is 191 Å². The number of anilines is 3. The van der Waals surface area contributed by atoms with E-state index in [-0.39, 0.29) is 103 Å². The molecule has 3 aromatic rings. The molecule has 0 aliphatic carbocycles. The number of aromatic nitrogens is 6. The van der Waals surface area contributed by atoms with Crippen molar-refractivity contribution in [3.63, 3.8) is 0 Å². The van der Waals surface area contributed by atoms with Gasteiger partial charge in [-0.3, -0.25) is 43.2 Å². The zero-order valence-corrected chi connectivity index (χ0v) is 60.9. The van der Waals surface area contributed by atoms with Gasteiger partial charge in [-0.25, -0.2) is 37.4 Å². The predicted molar refractivity (Wildman–Crippen MR) is 351 cm³/mol. The van der Waals surface area contributed by atoms with E-state index in [1.165, 1.54) is 20.8 Å². The Kier molecular flexibility index (Phi) is 41.6. The van der Waals surface area contributed by atoms with Crippen LogP contribution in [-0.2, 0) is 97.1 Å². The number of carboxylic acids is 2. The number of primary sulfonamides is 1. The summed E-state index contributed by atoms with van der Waals surface area (Å²) in [7, 11) is -12.4. The minimum Gasteiger partial charge on any atom is -0.481 e. The van der Waals surface area contributed by atoms with Crippen molar-refractivity contribution in [2.75, 3.05) is 16.0 Å². The molecule has 0 aliphatic heterocycles. The first-order chi connectivity index (χ1) is 40.9. The highest BCUT2D eigenvalue weighted by molar-refractivity contribution is 7.92. The molecule has 0 aliphatic rings.